The van der Waals surface area contributed by atoms with Crippen molar-refractivity contribution in [2.75, 3.05) is 13.2 Å². The molecule has 0 radical (unpaired) electrons. The second kappa shape index (κ2) is 10.6. The molecule has 1 aromatic carbocycles. The third-order valence-electron chi connectivity index (χ3n) is 3.28. The van der Waals surface area contributed by atoms with Gasteiger partial charge in [-0.2, -0.15) is 0 Å². The minimum absolute atomic E-state index is 0.0534. The van der Waals surface area contributed by atoms with Gasteiger partial charge in [-0.1, -0.05) is 36.9 Å². The first-order chi connectivity index (χ1) is 10.6. The number of nitrogens with one attached hydrogen (secondary N) is 1. The number of esters is 1. The van der Waals surface area contributed by atoms with Gasteiger partial charge < -0.3 is 10.1 Å². The van der Waals surface area contributed by atoms with Gasteiger partial charge in [0.1, 0.15) is 0 Å². The summed E-state index contributed by atoms with van der Waals surface area (Å²) in [6.45, 7) is 6.48. The second-order valence-electron chi connectivity index (χ2n) is 5.12. The Morgan fingerprint density at radius 3 is 2.50 bits per heavy atom. The predicted molar refractivity (Wildman–Crippen MR) is 87.4 cm³/mol. The van der Waals surface area contributed by atoms with E-state index in [4.69, 9.17) is 4.74 Å². The zero-order valence-electron chi connectivity index (χ0n) is 13.3. The minimum Gasteiger partial charge on any atom is -0.463 e. The van der Waals surface area contributed by atoms with E-state index in [0.29, 0.717) is 31.6 Å². The average Bonchev–Trinajstić information content (AvgIpc) is 2.52. The van der Waals surface area contributed by atoms with Crippen LogP contribution in [0.5, 0.6) is 0 Å². The molecule has 120 valence electrons. The highest BCUT2D eigenvalue weighted by Crippen LogP contribution is 2.09. The van der Waals surface area contributed by atoms with Crippen LogP contribution in [0, 0.1) is 0 Å². The van der Waals surface area contributed by atoms with E-state index in [1.807, 2.05) is 30.3 Å². The van der Waals surface area contributed by atoms with Crippen molar-refractivity contribution < 1.29 is 14.3 Å². The standard InChI is InChI=1S/C18H25NO3/c1-3-22-18(21)15(2)9-7-8-12-17(20)19-14-13-16-10-5-4-6-11-16/h4-6,10-11H,2-3,7-9,12-14H2,1H3,(H,19,20). The maximum absolute atomic E-state index is 11.7. The van der Waals surface area contributed by atoms with Crippen LogP contribution in [-0.2, 0) is 20.7 Å². The maximum Gasteiger partial charge on any atom is 0.333 e. The SMILES string of the molecule is C=C(CCCCC(=O)NCCc1ccccc1)C(=O)OCC. The number of hydrogen-bond acceptors (Lipinski definition) is 3. The van der Waals surface area contributed by atoms with Crippen molar-refractivity contribution in [3.8, 4) is 0 Å². The third-order valence-corrected chi connectivity index (χ3v) is 3.28. The molecule has 0 heterocycles. The molecule has 1 amide bonds. The molecule has 1 aromatic rings. The molecule has 0 aromatic heterocycles. The van der Waals surface area contributed by atoms with Crippen molar-refractivity contribution in [2.45, 2.75) is 39.0 Å². The van der Waals surface area contributed by atoms with Crippen LogP contribution in [0.1, 0.15) is 38.2 Å². The van der Waals surface area contributed by atoms with Gasteiger partial charge in [-0.15, -0.1) is 0 Å². The van der Waals surface area contributed by atoms with E-state index >= 15 is 0 Å². The van der Waals surface area contributed by atoms with Gasteiger partial charge in [0.15, 0.2) is 0 Å². The van der Waals surface area contributed by atoms with E-state index in [9.17, 15) is 9.59 Å². The van der Waals surface area contributed by atoms with E-state index < -0.39 is 0 Å². The first-order valence-electron chi connectivity index (χ1n) is 7.79. The lowest BCUT2D eigenvalue weighted by Crippen LogP contribution is -2.25. The molecular weight excluding hydrogens is 278 g/mol. The van der Waals surface area contributed by atoms with Crippen LogP contribution in [0.15, 0.2) is 42.5 Å². The lowest BCUT2D eigenvalue weighted by Gasteiger charge is -2.06. The highest BCUT2D eigenvalue weighted by molar-refractivity contribution is 5.87. The van der Waals surface area contributed by atoms with Crippen LogP contribution in [0.2, 0.25) is 0 Å². The van der Waals surface area contributed by atoms with Gasteiger partial charge in [0, 0.05) is 18.5 Å². The van der Waals surface area contributed by atoms with E-state index in [-0.39, 0.29) is 11.9 Å². The molecule has 0 aliphatic carbocycles. The fourth-order valence-corrected chi connectivity index (χ4v) is 2.04. The molecular formula is C18H25NO3. The molecule has 4 nitrogen and oxygen atoms in total. The van der Waals surface area contributed by atoms with E-state index in [2.05, 4.69) is 11.9 Å². The smallest absolute Gasteiger partial charge is 0.333 e. The molecule has 0 saturated heterocycles. The number of ether oxygens (including phenoxy) is 1. The van der Waals surface area contributed by atoms with Crippen LogP contribution in [0.3, 0.4) is 0 Å². The van der Waals surface area contributed by atoms with Gasteiger partial charge in [0.25, 0.3) is 0 Å². The average molecular weight is 303 g/mol. The Morgan fingerprint density at radius 1 is 1.14 bits per heavy atom. The Kier molecular flexibility index (Phi) is 8.65. The van der Waals surface area contributed by atoms with Gasteiger partial charge in [0.2, 0.25) is 5.91 Å². The van der Waals surface area contributed by atoms with E-state index in [1.54, 1.807) is 6.92 Å². The van der Waals surface area contributed by atoms with E-state index in [1.165, 1.54) is 5.56 Å². The Balaban J connectivity index is 2.06. The summed E-state index contributed by atoms with van der Waals surface area (Å²) in [4.78, 5) is 23.0. The zero-order valence-corrected chi connectivity index (χ0v) is 13.3. The summed E-state index contributed by atoms with van der Waals surface area (Å²) in [5, 5.41) is 2.91. The van der Waals surface area contributed by atoms with Crippen molar-refractivity contribution in [1.29, 1.82) is 0 Å². The van der Waals surface area contributed by atoms with Crippen LogP contribution in [0.4, 0.5) is 0 Å². The number of unbranched alkanes of at least 4 members (excludes halogenated alkanes) is 1. The molecule has 0 spiro atoms. The molecule has 1 rings (SSSR count). The summed E-state index contributed by atoms with van der Waals surface area (Å²) < 4.78 is 4.86. The lowest BCUT2D eigenvalue weighted by atomic mass is 10.1. The Bertz CT molecular complexity index is 482. The van der Waals surface area contributed by atoms with Crippen molar-refractivity contribution in [1.82, 2.24) is 5.32 Å². The molecule has 22 heavy (non-hydrogen) atoms. The summed E-state index contributed by atoms with van der Waals surface area (Å²) in [6.07, 6.45) is 3.41. The molecule has 0 unspecified atom stereocenters. The Labute approximate surface area is 132 Å². The van der Waals surface area contributed by atoms with Crippen molar-refractivity contribution in [3.05, 3.63) is 48.0 Å². The zero-order chi connectivity index (χ0) is 16.2. The van der Waals surface area contributed by atoms with Crippen LogP contribution < -0.4 is 5.32 Å². The van der Waals surface area contributed by atoms with Crippen LogP contribution >= 0.6 is 0 Å². The number of carbonyl (C=O) groups is 2. The highest BCUT2D eigenvalue weighted by atomic mass is 16.5. The summed E-state index contributed by atoms with van der Waals surface area (Å²) in [5.74, 6) is -0.285. The predicted octanol–water partition coefficient (Wildman–Crippen LogP) is 3.03. The van der Waals surface area contributed by atoms with Crippen molar-refractivity contribution >= 4 is 11.9 Å². The summed E-state index contributed by atoms with van der Waals surface area (Å²) >= 11 is 0. The normalized spacial score (nSPS) is 10.0. The Morgan fingerprint density at radius 2 is 1.82 bits per heavy atom. The monoisotopic (exact) mass is 303 g/mol. The second-order valence-corrected chi connectivity index (χ2v) is 5.12. The Hall–Kier alpha value is -2.10. The number of amides is 1. The first-order valence-corrected chi connectivity index (χ1v) is 7.79. The third kappa shape index (κ3) is 7.62. The largest absolute Gasteiger partial charge is 0.463 e. The topological polar surface area (TPSA) is 55.4 Å². The number of rotatable bonds is 10. The van der Waals surface area contributed by atoms with E-state index in [0.717, 1.165) is 19.3 Å². The molecule has 0 fully saturated rings. The maximum atomic E-state index is 11.7. The summed E-state index contributed by atoms with van der Waals surface area (Å²) in [6, 6.07) is 10.1. The van der Waals surface area contributed by atoms with Crippen LogP contribution in [0.25, 0.3) is 0 Å². The van der Waals surface area contributed by atoms with Gasteiger partial charge in [-0.3, -0.25) is 4.79 Å². The van der Waals surface area contributed by atoms with Crippen molar-refractivity contribution in [2.24, 2.45) is 0 Å². The first kappa shape index (κ1) is 18.0. The number of hydrogen-bond donors (Lipinski definition) is 1. The van der Waals surface area contributed by atoms with Crippen molar-refractivity contribution in [3.63, 3.8) is 0 Å². The lowest BCUT2D eigenvalue weighted by molar-refractivity contribution is -0.138. The molecule has 1 N–H and O–H groups in total. The highest BCUT2D eigenvalue weighted by Gasteiger charge is 2.07. The molecule has 0 atom stereocenters. The van der Waals surface area contributed by atoms with Gasteiger partial charge in [-0.05, 0) is 38.2 Å². The fourth-order valence-electron chi connectivity index (χ4n) is 2.04. The van der Waals surface area contributed by atoms with Gasteiger partial charge in [-0.25, -0.2) is 4.79 Å². The molecule has 0 aliphatic rings. The number of benzene rings is 1. The quantitative estimate of drug-likeness (QED) is 0.411. The number of carbonyl (C=O) groups excluding carboxylic acids is 2. The molecule has 4 heteroatoms. The van der Waals surface area contributed by atoms with Gasteiger partial charge in [0.05, 0.1) is 6.61 Å². The fraction of sp³-hybridized carbons (Fsp3) is 0.444. The summed E-state index contributed by atoms with van der Waals surface area (Å²) in [7, 11) is 0. The molecule has 0 saturated carbocycles. The molecule has 0 aliphatic heterocycles. The van der Waals surface area contributed by atoms with Gasteiger partial charge >= 0.3 is 5.97 Å². The minimum atomic E-state index is -0.338. The molecule has 0 bridgehead atoms. The van der Waals surface area contributed by atoms with Crippen LogP contribution in [-0.4, -0.2) is 25.0 Å². The summed E-state index contributed by atoms with van der Waals surface area (Å²) in [5.41, 5.74) is 1.69.